The Kier molecular flexibility index (Phi) is 6.63. The number of cyclic esters (lactones) is 1. The molecule has 4 rings (SSSR count). The van der Waals surface area contributed by atoms with E-state index < -0.39 is 6.10 Å². The Hall–Kier alpha value is -3.41. The molecular weight excluding hydrogens is 422 g/mol. The fraction of sp³-hybridized carbons (Fsp3) is 0.400. The van der Waals surface area contributed by atoms with E-state index in [2.05, 4.69) is 16.3 Å². The van der Waals surface area contributed by atoms with Gasteiger partial charge in [0, 0.05) is 29.8 Å². The van der Waals surface area contributed by atoms with E-state index in [0.29, 0.717) is 55.0 Å². The van der Waals surface area contributed by atoms with Gasteiger partial charge in [-0.1, -0.05) is 6.07 Å². The molecule has 1 atom stereocenters. The number of benzene rings is 2. The number of esters is 1. The van der Waals surface area contributed by atoms with E-state index in [1.165, 1.54) is 7.11 Å². The molecule has 1 amide bonds. The van der Waals surface area contributed by atoms with Crippen LogP contribution in [0.5, 0.6) is 5.75 Å². The van der Waals surface area contributed by atoms with Crippen molar-refractivity contribution in [2.24, 2.45) is 5.92 Å². The molecule has 2 aliphatic rings. The third-order valence-electron chi connectivity index (χ3n) is 6.55. The molecule has 8 nitrogen and oxygen atoms in total. The van der Waals surface area contributed by atoms with Gasteiger partial charge < -0.3 is 24.8 Å². The summed E-state index contributed by atoms with van der Waals surface area (Å²) in [5.41, 5.74) is 4.16. The van der Waals surface area contributed by atoms with Gasteiger partial charge >= 0.3 is 5.97 Å². The van der Waals surface area contributed by atoms with Crippen molar-refractivity contribution < 1.29 is 24.2 Å². The first kappa shape index (κ1) is 22.8. The lowest BCUT2D eigenvalue weighted by molar-refractivity contribution is -0.121. The number of carbonyl (C=O) groups is 2. The molecule has 0 spiro atoms. The summed E-state index contributed by atoms with van der Waals surface area (Å²) in [7, 11) is 1.49. The third-order valence-corrected chi connectivity index (χ3v) is 6.55. The highest BCUT2D eigenvalue weighted by molar-refractivity contribution is 5.94. The number of hydrogen-bond acceptors (Lipinski definition) is 7. The lowest BCUT2D eigenvalue weighted by Gasteiger charge is -2.33. The molecule has 2 aromatic rings. The number of methoxy groups -OCH3 is 1. The highest BCUT2D eigenvalue weighted by atomic mass is 16.5. The molecule has 1 fully saturated rings. The van der Waals surface area contributed by atoms with Crippen LogP contribution >= 0.6 is 0 Å². The van der Waals surface area contributed by atoms with Gasteiger partial charge in [0.25, 0.3) is 0 Å². The Balaban J connectivity index is 1.32. The van der Waals surface area contributed by atoms with Crippen LogP contribution in [0.15, 0.2) is 30.3 Å². The molecule has 172 valence electrons. The average Bonchev–Trinajstić information content (AvgIpc) is 3.21. The summed E-state index contributed by atoms with van der Waals surface area (Å²) in [6.45, 7) is 4.05. The molecule has 0 saturated carbocycles. The highest BCUT2D eigenvalue weighted by Gasteiger charge is 2.29. The number of aliphatic hydroxyl groups excluding tert-OH is 1. The molecule has 1 saturated heterocycles. The summed E-state index contributed by atoms with van der Waals surface area (Å²) < 4.78 is 10.3. The lowest BCUT2D eigenvalue weighted by Crippen LogP contribution is -2.40. The van der Waals surface area contributed by atoms with Crippen LogP contribution in [-0.2, 0) is 16.1 Å². The van der Waals surface area contributed by atoms with E-state index in [9.17, 15) is 14.7 Å². The van der Waals surface area contributed by atoms with Gasteiger partial charge in [-0.05, 0) is 62.2 Å². The van der Waals surface area contributed by atoms with Crippen molar-refractivity contribution in [1.29, 1.82) is 5.26 Å². The number of rotatable bonds is 6. The molecule has 0 bridgehead atoms. The Morgan fingerprint density at radius 2 is 2.09 bits per heavy atom. The zero-order chi connectivity index (χ0) is 23.5. The smallest absolute Gasteiger partial charge is 0.338 e. The van der Waals surface area contributed by atoms with Crippen LogP contribution in [0.4, 0.5) is 5.69 Å². The number of fused-ring (bicyclic) bond motifs is 1. The quantitative estimate of drug-likeness (QED) is 0.652. The van der Waals surface area contributed by atoms with E-state index in [-0.39, 0.29) is 24.4 Å². The largest absolute Gasteiger partial charge is 0.495 e. The van der Waals surface area contributed by atoms with Crippen molar-refractivity contribution >= 4 is 17.6 Å². The maximum absolute atomic E-state index is 12.7. The van der Waals surface area contributed by atoms with Crippen molar-refractivity contribution in [3.8, 4) is 11.8 Å². The zero-order valence-corrected chi connectivity index (χ0v) is 18.8. The molecule has 0 radical (unpaired) electrons. The summed E-state index contributed by atoms with van der Waals surface area (Å²) in [5.74, 6) is -0.0585. The van der Waals surface area contributed by atoms with Gasteiger partial charge in [-0.15, -0.1) is 0 Å². The topological polar surface area (TPSA) is 112 Å². The second kappa shape index (κ2) is 9.61. The Bertz CT molecular complexity index is 1120. The van der Waals surface area contributed by atoms with Crippen LogP contribution in [0.1, 0.15) is 51.6 Å². The number of likely N-dealkylation sites (tertiary alicyclic amines) is 1. The van der Waals surface area contributed by atoms with Gasteiger partial charge in [-0.2, -0.15) is 5.26 Å². The number of hydrogen-bond donors (Lipinski definition) is 2. The van der Waals surface area contributed by atoms with Crippen LogP contribution in [0.25, 0.3) is 0 Å². The molecule has 2 N–H and O–H groups in total. The minimum absolute atomic E-state index is 0.0545. The van der Waals surface area contributed by atoms with E-state index >= 15 is 0 Å². The van der Waals surface area contributed by atoms with Gasteiger partial charge in [0.05, 0.1) is 24.3 Å². The number of aliphatic hydroxyl groups is 1. The molecular formula is C25H27N3O5. The molecule has 8 heteroatoms. The molecule has 2 aliphatic heterocycles. The number of nitriles is 1. The molecule has 1 unspecified atom stereocenters. The number of β-amino-alcohol motifs (C(OH)–C–C–N with tert-alkyl or cyclic N) is 1. The van der Waals surface area contributed by atoms with Crippen molar-refractivity contribution in [1.82, 2.24) is 4.90 Å². The zero-order valence-electron chi connectivity index (χ0n) is 18.8. The van der Waals surface area contributed by atoms with E-state index in [4.69, 9.17) is 14.7 Å². The van der Waals surface area contributed by atoms with Crippen molar-refractivity contribution in [2.75, 3.05) is 32.1 Å². The van der Waals surface area contributed by atoms with Gasteiger partial charge in [0.15, 0.2) is 0 Å². The Morgan fingerprint density at radius 3 is 2.79 bits per heavy atom. The SMILES string of the molecule is COc1cc(NC(=O)C2CCN(CC(O)c3ccc4c(c3C)COC4=O)CC2)ccc1C#N. The van der Waals surface area contributed by atoms with Gasteiger partial charge in [0.1, 0.15) is 18.4 Å². The number of ether oxygens (including phenoxy) is 2. The fourth-order valence-corrected chi connectivity index (χ4v) is 4.55. The summed E-state index contributed by atoms with van der Waals surface area (Å²) in [6, 6.07) is 10.6. The van der Waals surface area contributed by atoms with Crippen LogP contribution in [0, 0.1) is 24.2 Å². The number of carbonyl (C=O) groups excluding carboxylic acids is 2. The maximum Gasteiger partial charge on any atom is 0.338 e. The highest BCUT2D eigenvalue weighted by Crippen LogP contribution is 2.30. The van der Waals surface area contributed by atoms with E-state index in [0.717, 1.165) is 16.7 Å². The summed E-state index contributed by atoms with van der Waals surface area (Å²) in [4.78, 5) is 26.6. The van der Waals surface area contributed by atoms with Crippen LogP contribution in [0.3, 0.4) is 0 Å². The lowest BCUT2D eigenvalue weighted by atomic mass is 9.93. The number of anilines is 1. The number of nitrogens with one attached hydrogen (secondary N) is 1. The standard InChI is InChI=1S/C25H27N3O5/c1-15-19(5-6-20-21(15)14-33-25(20)31)22(29)13-28-9-7-16(8-10-28)24(30)27-18-4-3-17(12-26)23(11-18)32-2/h3-6,11,16,22,29H,7-10,13-14H2,1-2H3,(H,27,30). The second-order valence-electron chi connectivity index (χ2n) is 8.49. The molecule has 0 aromatic heterocycles. The minimum Gasteiger partial charge on any atom is -0.495 e. The van der Waals surface area contributed by atoms with E-state index in [1.54, 1.807) is 30.3 Å². The predicted molar refractivity (Wildman–Crippen MR) is 121 cm³/mol. The number of piperidine rings is 1. The third kappa shape index (κ3) is 4.70. The van der Waals surface area contributed by atoms with Crippen molar-refractivity contribution in [2.45, 2.75) is 32.5 Å². The van der Waals surface area contributed by atoms with Crippen molar-refractivity contribution in [3.63, 3.8) is 0 Å². The summed E-state index contributed by atoms with van der Waals surface area (Å²) in [6.07, 6.45) is 0.706. The van der Waals surface area contributed by atoms with Crippen LogP contribution in [-0.4, -0.2) is 48.6 Å². The van der Waals surface area contributed by atoms with Crippen molar-refractivity contribution in [3.05, 3.63) is 58.1 Å². The maximum atomic E-state index is 12.7. The van der Waals surface area contributed by atoms with Gasteiger partial charge in [-0.3, -0.25) is 4.79 Å². The molecule has 33 heavy (non-hydrogen) atoms. The first-order valence-electron chi connectivity index (χ1n) is 11.0. The average molecular weight is 450 g/mol. The molecule has 2 heterocycles. The summed E-state index contributed by atoms with van der Waals surface area (Å²) in [5, 5.41) is 22.8. The first-order chi connectivity index (χ1) is 15.9. The number of amides is 1. The summed E-state index contributed by atoms with van der Waals surface area (Å²) >= 11 is 0. The van der Waals surface area contributed by atoms with Gasteiger partial charge in [0.2, 0.25) is 5.91 Å². The molecule has 0 aliphatic carbocycles. The second-order valence-corrected chi connectivity index (χ2v) is 8.49. The normalized spacial score (nSPS) is 17.1. The van der Waals surface area contributed by atoms with E-state index in [1.807, 2.05) is 6.92 Å². The van der Waals surface area contributed by atoms with Crippen LogP contribution < -0.4 is 10.1 Å². The molecule has 2 aromatic carbocycles. The fourth-order valence-electron chi connectivity index (χ4n) is 4.55. The Morgan fingerprint density at radius 1 is 1.33 bits per heavy atom. The predicted octanol–water partition coefficient (Wildman–Crippen LogP) is 2.93. The monoisotopic (exact) mass is 449 g/mol. The Labute approximate surface area is 192 Å². The van der Waals surface area contributed by atoms with Gasteiger partial charge in [-0.25, -0.2) is 4.79 Å². The minimum atomic E-state index is -0.678. The first-order valence-corrected chi connectivity index (χ1v) is 11.0. The number of nitrogens with zero attached hydrogens (tertiary/aromatic N) is 2. The van der Waals surface area contributed by atoms with Crippen LogP contribution in [0.2, 0.25) is 0 Å².